The lowest BCUT2D eigenvalue weighted by Crippen LogP contribution is -2.37. The van der Waals surface area contributed by atoms with Gasteiger partial charge in [0.15, 0.2) is 0 Å². The zero-order valence-electron chi connectivity index (χ0n) is 14.1. The Hall–Kier alpha value is -1.97. The van der Waals surface area contributed by atoms with E-state index in [-0.39, 0.29) is 42.9 Å². The van der Waals surface area contributed by atoms with Crippen LogP contribution in [0.5, 0.6) is 5.75 Å². The number of hydrogen-bond acceptors (Lipinski definition) is 3. The Morgan fingerprint density at radius 3 is 2.48 bits per heavy atom. The highest BCUT2D eigenvalue weighted by atomic mass is 19.3. The Balaban J connectivity index is 1.95. The third-order valence-electron chi connectivity index (χ3n) is 4.16. The summed E-state index contributed by atoms with van der Waals surface area (Å²) in [5.74, 6) is -3.67. The van der Waals surface area contributed by atoms with Crippen LogP contribution in [0.25, 0.3) is 0 Å². The van der Waals surface area contributed by atoms with Gasteiger partial charge in [-0.05, 0) is 30.0 Å². The second kappa shape index (κ2) is 9.29. The molecule has 0 bridgehead atoms. The summed E-state index contributed by atoms with van der Waals surface area (Å²) in [6.45, 7) is -6.74. The second-order valence-electron chi connectivity index (χ2n) is 6.33. The second-order valence-corrected chi connectivity index (χ2v) is 6.33. The Morgan fingerprint density at radius 1 is 1.19 bits per heavy atom. The number of benzene rings is 1. The number of hydrogen-bond donors (Lipinski definition) is 1. The number of nitrogens with one attached hydrogen (secondary N) is 1. The third-order valence-corrected chi connectivity index (χ3v) is 4.16. The monoisotopic (exact) mass is 399 g/mol. The van der Waals surface area contributed by atoms with E-state index in [4.69, 9.17) is 0 Å². The van der Waals surface area contributed by atoms with E-state index in [1.165, 1.54) is 24.3 Å². The zero-order chi connectivity index (χ0) is 20.0. The fraction of sp³-hybridized carbons (Fsp3) is 0.588. The average Bonchev–Trinajstić information content (AvgIpc) is 2.54. The quantitative estimate of drug-likeness (QED) is 0.589. The molecule has 1 atom stereocenters. The van der Waals surface area contributed by atoms with Crippen LogP contribution in [0.1, 0.15) is 37.3 Å². The molecule has 0 spiro atoms. The van der Waals surface area contributed by atoms with Crippen LogP contribution in [0.2, 0.25) is 0 Å². The van der Waals surface area contributed by atoms with E-state index in [0.29, 0.717) is 0 Å². The van der Waals surface area contributed by atoms with Gasteiger partial charge in [0.25, 0.3) is 0 Å². The van der Waals surface area contributed by atoms with Gasteiger partial charge in [-0.3, -0.25) is 4.79 Å². The Bertz CT molecular complexity index is 620. The van der Waals surface area contributed by atoms with Crippen LogP contribution >= 0.6 is 0 Å². The lowest BCUT2D eigenvalue weighted by Gasteiger charge is -2.34. The van der Waals surface area contributed by atoms with E-state index in [2.05, 4.69) is 14.8 Å². The lowest BCUT2D eigenvalue weighted by atomic mass is 9.78. The molecule has 2 rings (SSSR count). The highest BCUT2D eigenvalue weighted by Gasteiger charge is 2.44. The highest BCUT2D eigenvalue weighted by molar-refractivity contribution is 5.76. The molecule has 0 unspecified atom stereocenters. The normalized spacial score (nSPS) is 17.6. The maximum absolute atomic E-state index is 12.8. The molecule has 1 aromatic rings. The number of ether oxygens (including phenoxy) is 2. The molecule has 1 aliphatic rings. The van der Waals surface area contributed by atoms with Crippen LogP contribution in [0.15, 0.2) is 24.3 Å². The maximum Gasteiger partial charge on any atom is 0.387 e. The van der Waals surface area contributed by atoms with Crippen molar-refractivity contribution < 1.29 is 40.6 Å². The molecular formula is C17H19F6NO3. The summed E-state index contributed by atoms with van der Waals surface area (Å²) >= 11 is 0. The van der Waals surface area contributed by atoms with Gasteiger partial charge in [0.1, 0.15) is 5.75 Å². The maximum atomic E-state index is 12.8. The van der Waals surface area contributed by atoms with Gasteiger partial charge in [0.05, 0.1) is 12.6 Å². The van der Waals surface area contributed by atoms with Crippen LogP contribution in [0.3, 0.4) is 0 Å². The van der Waals surface area contributed by atoms with Gasteiger partial charge in [0.2, 0.25) is 11.8 Å². The number of rotatable bonds is 10. The summed E-state index contributed by atoms with van der Waals surface area (Å²) in [7, 11) is 0. The summed E-state index contributed by atoms with van der Waals surface area (Å²) in [4.78, 5) is 12.0. The van der Waals surface area contributed by atoms with Crippen molar-refractivity contribution in [3.63, 3.8) is 0 Å². The first-order valence-electron chi connectivity index (χ1n) is 8.26. The Morgan fingerprint density at radius 2 is 1.89 bits per heavy atom. The fourth-order valence-corrected chi connectivity index (χ4v) is 2.89. The topological polar surface area (TPSA) is 47.6 Å². The number of carbonyl (C=O) groups excluding carboxylic acids is 1. The fourth-order valence-electron chi connectivity index (χ4n) is 2.89. The van der Waals surface area contributed by atoms with Crippen LogP contribution in [-0.4, -0.2) is 31.7 Å². The van der Waals surface area contributed by atoms with Crippen molar-refractivity contribution in [3.05, 3.63) is 29.8 Å². The molecule has 1 amide bonds. The minimum absolute atomic E-state index is 0.0564. The first kappa shape index (κ1) is 21.3. The number of alkyl halides is 6. The minimum Gasteiger partial charge on any atom is -0.435 e. The van der Waals surface area contributed by atoms with E-state index < -0.39 is 37.7 Å². The van der Waals surface area contributed by atoms with Gasteiger partial charge in [-0.2, -0.15) is 17.6 Å². The van der Waals surface area contributed by atoms with E-state index in [9.17, 15) is 31.1 Å². The van der Waals surface area contributed by atoms with E-state index in [0.717, 1.165) is 0 Å². The third kappa shape index (κ3) is 7.28. The van der Waals surface area contributed by atoms with Gasteiger partial charge in [-0.1, -0.05) is 12.1 Å². The van der Waals surface area contributed by atoms with E-state index >= 15 is 0 Å². The molecule has 1 fully saturated rings. The molecule has 0 heterocycles. The molecule has 1 aliphatic carbocycles. The Kier molecular flexibility index (Phi) is 7.34. The molecule has 10 heteroatoms. The largest absolute Gasteiger partial charge is 0.435 e. The van der Waals surface area contributed by atoms with Gasteiger partial charge in [-0.25, -0.2) is 8.78 Å². The van der Waals surface area contributed by atoms with Gasteiger partial charge < -0.3 is 14.8 Å². The predicted octanol–water partition coefficient (Wildman–Crippen LogP) is 4.51. The van der Waals surface area contributed by atoms with Gasteiger partial charge in [0, 0.05) is 19.3 Å². The van der Waals surface area contributed by atoms with Gasteiger partial charge in [-0.15, -0.1) is 0 Å². The average molecular weight is 399 g/mol. The number of carbonyl (C=O) groups is 1. The first-order chi connectivity index (χ1) is 12.6. The van der Waals surface area contributed by atoms with Crippen LogP contribution in [0, 0.1) is 5.92 Å². The highest BCUT2D eigenvalue weighted by Crippen LogP contribution is 2.44. The van der Waals surface area contributed by atoms with Crippen molar-refractivity contribution in [2.24, 2.45) is 5.92 Å². The summed E-state index contributed by atoms with van der Waals surface area (Å²) in [5, 5.41) is 2.47. The zero-order valence-corrected chi connectivity index (χ0v) is 14.1. The summed E-state index contributed by atoms with van der Waals surface area (Å²) in [6, 6.07) is 4.20. The SMILES string of the molecule is O=C(CCC1CC(F)(F)C1)N[C@@H](COC(F)F)c1cccc(OC(F)F)c1. The molecule has 1 aromatic carbocycles. The summed E-state index contributed by atoms with van der Waals surface area (Å²) < 4.78 is 83.4. The number of amides is 1. The number of halogens is 6. The standard InChI is InChI=1S/C17H19F6NO3/c18-15(19)26-9-13(11-2-1-3-12(6-11)27-16(20)21)24-14(25)5-4-10-7-17(22,23)8-10/h1-3,6,10,13,15-16H,4-5,7-9H2,(H,24,25)/t13-/m0/s1. The molecular weight excluding hydrogens is 380 g/mol. The molecule has 0 aromatic heterocycles. The van der Waals surface area contributed by atoms with Crippen molar-refractivity contribution in [1.29, 1.82) is 0 Å². The molecule has 0 saturated heterocycles. The molecule has 1 N–H and O–H groups in total. The molecule has 27 heavy (non-hydrogen) atoms. The van der Waals surface area contributed by atoms with Crippen molar-refractivity contribution in [2.45, 2.75) is 50.9 Å². The predicted molar refractivity (Wildman–Crippen MR) is 82.8 cm³/mol. The smallest absolute Gasteiger partial charge is 0.387 e. The molecule has 152 valence electrons. The van der Waals surface area contributed by atoms with Crippen LogP contribution in [-0.2, 0) is 9.53 Å². The van der Waals surface area contributed by atoms with E-state index in [1.54, 1.807) is 0 Å². The minimum atomic E-state index is -3.08. The summed E-state index contributed by atoms with van der Waals surface area (Å²) in [6.07, 6.45) is -0.353. The van der Waals surface area contributed by atoms with Crippen LogP contribution < -0.4 is 10.1 Å². The summed E-state index contributed by atoms with van der Waals surface area (Å²) in [5.41, 5.74) is 0.234. The van der Waals surface area contributed by atoms with Crippen molar-refractivity contribution >= 4 is 5.91 Å². The Labute approximate surface area is 151 Å². The van der Waals surface area contributed by atoms with Crippen molar-refractivity contribution in [1.82, 2.24) is 5.32 Å². The lowest BCUT2D eigenvalue weighted by molar-refractivity contribution is -0.139. The molecule has 0 radical (unpaired) electrons. The van der Waals surface area contributed by atoms with Gasteiger partial charge >= 0.3 is 13.2 Å². The molecule has 0 aliphatic heterocycles. The molecule has 1 saturated carbocycles. The van der Waals surface area contributed by atoms with Crippen molar-refractivity contribution in [3.8, 4) is 5.75 Å². The van der Waals surface area contributed by atoms with E-state index in [1.807, 2.05) is 0 Å². The van der Waals surface area contributed by atoms with Crippen LogP contribution in [0.4, 0.5) is 26.3 Å². The molecule has 4 nitrogen and oxygen atoms in total. The van der Waals surface area contributed by atoms with Crippen molar-refractivity contribution in [2.75, 3.05) is 6.61 Å². The first-order valence-corrected chi connectivity index (χ1v) is 8.26.